The molecule has 126 valence electrons. The highest BCUT2D eigenvalue weighted by molar-refractivity contribution is 8.00. The predicted octanol–water partition coefficient (Wildman–Crippen LogP) is 4.05. The lowest BCUT2D eigenvalue weighted by atomic mass is 9.95. The van der Waals surface area contributed by atoms with E-state index in [4.69, 9.17) is 9.97 Å². The molecule has 0 unspecified atom stereocenters. The van der Waals surface area contributed by atoms with Crippen LogP contribution in [-0.4, -0.2) is 27.7 Å². The van der Waals surface area contributed by atoms with Crippen molar-refractivity contribution >= 4 is 28.6 Å². The molecule has 2 saturated carbocycles. The molecule has 0 atom stereocenters. The van der Waals surface area contributed by atoms with Crippen molar-refractivity contribution in [1.29, 1.82) is 0 Å². The van der Waals surface area contributed by atoms with E-state index in [-0.39, 0.29) is 5.91 Å². The van der Waals surface area contributed by atoms with Gasteiger partial charge in [0, 0.05) is 17.3 Å². The number of hydrogen-bond donors (Lipinski definition) is 1. The molecule has 2 aromatic rings. The van der Waals surface area contributed by atoms with Gasteiger partial charge in [-0.2, -0.15) is 0 Å². The zero-order valence-electron chi connectivity index (χ0n) is 13.8. The first-order valence-corrected chi connectivity index (χ1v) is 9.97. The van der Waals surface area contributed by atoms with Crippen molar-refractivity contribution in [3.63, 3.8) is 0 Å². The summed E-state index contributed by atoms with van der Waals surface area (Å²) in [5, 5.41) is 5.18. The molecule has 1 aromatic heterocycles. The molecular formula is C19H23N3OS. The topological polar surface area (TPSA) is 54.9 Å². The van der Waals surface area contributed by atoms with Crippen molar-refractivity contribution in [3.8, 4) is 0 Å². The number of rotatable bonds is 5. The number of aromatic nitrogens is 2. The molecule has 4 nitrogen and oxygen atoms in total. The summed E-state index contributed by atoms with van der Waals surface area (Å²) in [6, 6.07) is 8.48. The van der Waals surface area contributed by atoms with E-state index in [0.29, 0.717) is 17.7 Å². The first-order chi connectivity index (χ1) is 11.8. The quantitative estimate of drug-likeness (QED) is 0.658. The number of carbonyl (C=O) groups excluding carboxylic acids is 1. The van der Waals surface area contributed by atoms with Crippen LogP contribution < -0.4 is 5.32 Å². The largest absolute Gasteiger partial charge is 0.353 e. The van der Waals surface area contributed by atoms with Crippen LogP contribution in [0, 0.1) is 0 Å². The molecule has 0 bridgehead atoms. The molecule has 0 spiro atoms. The molecule has 5 heteroatoms. The number of nitrogens with zero attached hydrogens (tertiary/aromatic N) is 2. The molecule has 24 heavy (non-hydrogen) atoms. The van der Waals surface area contributed by atoms with E-state index < -0.39 is 0 Å². The second-order valence-corrected chi connectivity index (χ2v) is 7.83. The van der Waals surface area contributed by atoms with E-state index in [9.17, 15) is 4.79 Å². The molecule has 2 aliphatic carbocycles. The second kappa shape index (κ2) is 7.09. The van der Waals surface area contributed by atoms with Gasteiger partial charge in [-0.25, -0.2) is 9.97 Å². The Hall–Kier alpha value is -1.62. The molecule has 2 fully saturated rings. The number of amides is 1. The third kappa shape index (κ3) is 3.72. The fourth-order valence-electron chi connectivity index (χ4n) is 3.35. The van der Waals surface area contributed by atoms with Crippen LogP contribution in [0.25, 0.3) is 10.9 Å². The SMILES string of the molecule is O=C(CSc1nc(C2CC2)nc2ccccc12)NC1CCCCC1. The van der Waals surface area contributed by atoms with Gasteiger partial charge in [0.15, 0.2) is 0 Å². The summed E-state index contributed by atoms with van der Waals surface area (Å²) < 4.78 is 0. The van der Waals surface area contributed by atoms with Crippen LogP contribution in [0.15, 0.2) is 29.3 Å². The lowest BCUT2D eigenvalue weighted by Crippen LogP contribution is -2.37. The summed E-state index contributed by atoms with van der Waals surface area (Å²) in [6.45, 7) is 0. The lowest BCUT2D eigenvalue weighted by Gasteiger charge is -2.22. The third-order valence-electron chi connectivity index (χ3n) is 4.84. The number of carbonyl (C=O) groups is 1. The van der Waals surface area contributed by atoms with Gasteiger partial charge in [-0.15, -0.1) is 0 Å². The minimum atomic E-state index is 0.127. The van der Waals surface area contributed by atoms with Gasteiger partial charge in [-0.1, -0.05) is 49.2 Å². The maximum atomic E-state index is 12.3. The molecule has 1 heterocycles. The van der Waals surface area contributed by atoms with Crippen molar-refractivity contribution in [2.45, 2.75) is 61.9 Å². The Morgan fingerprint density at radius 3 is 2.67 bits per heavy atom. The number of hydrogen-bond acceptors (Lipinski definition) is 4. The van der Waals surface area contributed by atoms with E-state index in [1.165, 1.54) is 32.1 Å². The highest BCUT2D eigenvalue weighted by atomic mass is 32.2. The van der Waals surface area contributed by atoms with E-state index in [1.807, 2.05) is 24.3 Å². The molecule has 0 aliphatic heterocycles. The number of fused-ring (bicyclic) bond motifs is 1. The molecular weight excluding hydrogens is 318 g/mol. The van der Waals surface area contributed by atoms with E-state index in [2.05, 4.69) is 5.32 Å². The van der Waals surface area contributed by atoms with Crippen molar-refractivity contribution in [1.82, 2.24) is 15.3 Å². The highest BCUT2D eigenvalue weighted by Gasteiger charge is 2.27. The number of benzene rings is 1. The van der Waals surface area contributed by atoms with Crippen molar-refractivity contribution in [3.05, 3.63) is 30.1 Å². The monoisotopic (exact) mass is 341 g/mol. The van der Waals surface area contributed by atoms with Crippen LogP contribution in [-0.2, 0) is 4.79 Å². The molecule has 1 amide bonds. The highest BCUT2D eigenvalue weighted by Crippen LogP contribution is 2.39. The van der Waals surface area contributed by atoms with Crippen LogP contribution in [0.4, 0.5) is 0 Å². The summed E-state index contributed by atoms with van der Waals surface area (Å²) in [7, 11) is 0. The van der Waals surface area contributed by atoms with Crippen LogP contribution >= 0.6 is 11.8 Å². The molecule has 4 rings (SSSR count). The van der Waals surface area contributed by atoms with E-state index >= 15 is 0 Å². The Labute approximate surface area is 146 Å². The van der Waals surface area contributed by atoms with Gasteiger partial charge in [0.05, 0.1) is 11.3 Å². The van der Waals surface area contributed by atoms with E-state index in [1.54, 1.807) is 11.8 Å². The number of thioether (sulfide) groups is 1. The minimum absolute atomic E-state index is 0.127. The fraction of sp³-hybridized carbons (Fsp3) is 0.526. The Kier molecular flexibility index (Phi) is 4.69. The van der Waals surface area contributed by atoms with Gasteiger partial charge < -0.3 is 5.32 Å². The fourth-order valence-corrected chi connectivity index (χ4v) is 4.19. The number of para-hydroxylation sites is 1. The molecule has 0 radical (unpaired) electrons. The maximum absolute atomic E-state index is 12.3. The second-order valence-electron chi connectivity index (χ2n) is 6.87. The summed E-state index contributed by atoms with van der Waals surface area (Å²) in [6.07, 6.45) is 8.39. The zero-order chi connectivity index (χ0) is 16.4. The van der Waals surface area contributed by atoms with Gasteiger partial charge >= 0.3 is 0 Å². The van der Waals surface area contributed by atoms with Gasteiger partial charge in [-0.05, 0) is 31.7 Å². The third-order valence-corrected chi connectivity index (χ3v) is 5.83. The molecule has 1 aromatic carbocycles. The van der Waals surface area contributed by atoms with Gasteiger partial charge in [-0.3, -0.25) is 4.79 Å². The van der Waals surface area contributed by atoms with Crippen LogP contribution in [0.1, 0.15) is 56.7 Å². The minimum Gasteiger partial charge on any atom is -0.353 e. The average Bonchev–Trinajstić information content (AvgIpc) is 3.45. The smallest absolute Gasteiger partial charge is 0.230 e. The summed E-state index contributed by atoms with van der Waals surface area (Å²) in [4.78, 5) is 21.7. The van der Waals surface area contributed by atoms with Gasteiger partial charge in [0.25, 0.3) is 0 Å². The van der Waals surface area contributed by atoms with Crippen LogP contribution in [0.5, 0.6) is 0 Å². The molecule has 1 N–H and O–H groups in total. The zero-order valence-corrected chi connectivity index (χ0v) is 14.6. The van der Waals surface area contributed by atoms with Crippen LogP contribution in [0.3, 0.4) is 0 Å². The molecule has 0 saturated heterocycles. The predicted molar refractivity (Wildman–Crippen MR) is 97.3 cm³/mol. The first-order valence-electron chi connectivity index (χ1n) is 8.98. The van der Waals surface area contributed by atoms with Gasteiger partial charge in [0.2, 0.25) is 5.91 Å². The van der Waals surface area contributed by atoms with Crippen molar-refractivity contribution in [2.75, 3.05) is 5.75 Å². The van der Waals surface area contributed by atoms with Gasteiger partial charge in [0.1, 0.15) is 10.9 Å². The summed E-state index contributed by atoms with van der Waals surface area (Å²) in [5.41, 5.74) is 0.990. The van der Waals surface area contributed by atoms with Crippen molar-refractivity contribution in [2.24, 2.45) is 0 Å². The Bertz CT molecular complexity index is 738. The van der Waals surface area contributed by atoms with Crippen LogP contribution in [0.2, 0.25) is 0 Å². The summed E-state index contributed by atoms with van der Waals surface area (Å²) >= 11 is 1.54. The Morgan fingerprint density at radius 1 is 1.08 bits per heavy atom. The Balaban J connectivity index is 1.46. The Morgan fingerprint density at radius 2 is 1.88 bits per heavy atom. The molecule has 2 aliphatic rings. The van der Waals surface area contributed by atoms with E-state index in [0.717, 1.165) is 34.6 Å². The standard InChI is InChI=1S/C19H23N3OS/c23-17(20-14-6-2-1-3-7-14)12-24-19-15-8-4-5-9-16(15)21-18(22-19)13-10-11-13/h4-5,8-9,13-14H,1-3,6-7,10-12H2,(H,20,23). The first kappa shape index (κ1) is 15.9. The maximum Gasteiger partial charge on any atom is 0.230 e. The number of nitrogens with one attached hydrogen (secondary N) is 1. The average molecular weight is 341 g/mol. The normalized spacial score (nSPS) is 18.7. The lowest BCUT2D eigenvalue weighted by molar-refractivity contribution is -0.119. The van der Waals surface area contributed by atoms with Crippen molar-refractivity contribution < 1.29 is 4.79 Å². The summed E-state index contributed by atoms with van der Waals surface area (Å²) in [5.74, 6) is 2.03.